The summed E-state index contributed by atoms with van der Waals surface area (Å²) in [6.45, 7) is -0.0843. The van der Waals surface area contributed by atoms with Crippen LogP contribution in [0.3, 0.4) is 0 Å². The number of aromatic nitrogens is 1. The van der Waals surface area contributed by atoms with Crippen LogP contribution in [-0.2, 0) is 0 Å². The first-order chi connectivity index (χ1) is 56.6. The number of rotatable bonds is 10. The molecule has 0 atom stereocenters. The van der Waals surface area contributed by atoms with Gasteiger partial charge in [-0.15, -0.1) is 0 Å². The van der Waals surface area contributed by atoms with E-state index in [1.165, 1.54) is 111 Å². The highest BCUT2D eigenvalue weighted by Gasteiger charge is 2.46. The Bertz CT molecular complexity index is 7280. The number of fused-ring (bicyclic) bond motifs is 16. The molecule has 0 saturated heterocycles. The molecule has 2 aromatic heterocycles. The van der Waals surface area contributed by atoms with Gasteiger partial charge in [0.15, 0.2) is 0 Å². The van der Waals surface area contributed by atoms with E-state index in [1.807, 2.05) is 0 Å². The van der Waals surface area contributed by atoms with Crippen molar-refractivity contribution >= 4 is 169 Å². The van der Waals surface area contributed by atoms with Crippen LogP contribution in [0, 0.1) is 0 Å². The van der Waals surface area contributed by atoms with Gasteiger partial charge in [-0.05, 0) is 239 Å². The van der Waals surface area contributed by atoms with Crippen LogP contribution in [-0.4, -0.2) is 18.0 Å². The first kappa shape index (κ1) is 64.0. The summed E-state index contributed by atoms with van der Waals surface area (Å²) < 4.78 is 9.65. The van der Waals surface area contributed by atoms with Gasteiger partial charge in [0.05, 0.1) is 11.0 Å². The molecule has 0 radical (unpaired) electrons. The Hall–Kier alpha value is -14.9. The number of para-hydroxylation sites is 8. The lowest BCUT2D eigenvalue weighted by molar-refractivity contribution is 0.669. The Morgan fingerprint density at radius 3 is 1.12 bits per heavy atom. The maximum Gasteiger partial charge on any atom is 0.252 e. The van der Waals surface area contributed by atoms with Crippen molar-refractivity contribution in [1.82, 2.24) is 4.57 Å². The summed E-state index contributed by atoms with van der Waals surface area (Å²) in [5, 5.41) is 7.04. The van der Waals surface area contributed by atoms with E-state index in [9.17, 15) is 0 Å². The van der Waals surface area contributed by atoms with E-state index in [0.29, 0.717) is 0 Å². The van der Waals surface area contributed by atoms with Crippen molar-refractivity contribution in [3.05, 3.63) is 406 Å². The number of hydrogen-bond acceptors (Lipinski definition) is 5. The quantitative estimate of drug-likeness (QED) is 0.127. The van der Waals surface area contributed by atoms with Crippen LogP contribution in [0.5, 0.6) is 0 Å². The largest absolute Gasteiger partial charge is 0.456 e. The predicted molar refractivity (Wildman–Crippen MR) is 481 cm³/mol. The SMILES string of the molecule is c1ccc(N2c3ccccc3B3c4cc(-c5ccc(-c6cc7oc8cc(-c9cc%10c%11c(c9)N(c9ccccc9)c9ccc(-c%12ccc(-c%13cccc%14c%13c%13ccccc%13n%14-c%13ccccc%13)cc%12)cc9B%11c9ccccc9N%10c9ccccc9)ccc8c7c7ccccc67)cc5)ccc4N(c4ccccc4)c4cccc2c43)cc1. The summed E-state index contributed by atoms with van der Waals surface area (Å²) in [4.78, 5) is 9.93. The third-order valence-electron chi connectivity index (χ3n) is 24.5. The van der Waals surface area contributed by atoms with Crippen LogP contribution < -0.4 is 52.4 Å². The summed E-state index contributed by atoms with van der Waals surface area (Å²) in [6, 6.07) is 150. The topological polar surface area (TPSA) is 31.0 Å². The highest BCUT2D eigenvalue weighted by atomic mass is 16.3. The second-order valence-corrected chi connectivity index (χ2v) is 30.6. The van der Waals surface area contributed by atoms with E-state index in [-0.39, 0.29) is 13.4 Å². The summed E-state index contributed by atoms with van der Waals surface area (Å²) in [7, 11) is 0. The molecule has 4 aliphatic rings. The zero-order valence-electron chi connectivity index (χ0n) is 62.0. The number of hydrogen-bond donors (Lipinski definition) is 0. The molecule has 0 fully saturated rings. The number of nitrogens with zero attached hydrogens (tertiary/aromatic N) is 5. The summed E-state index contributed by atoms with van der Waals surface area (Å²) in [5.41, 5.74) is 38.3. The Morgan fingerprint density at radius 1 is 0.193 bits per heavy atom. The fourth-order valence-electron chi connectivity index (χ4n) is 19.6. The fraction of sp³-hybridized carbons (Fsp3) is 0. The van der Waals surface area contributed by atoms with Gasteiger partial charge in [-0.2, -0.15) is 0 Å². The molecule has 8 heteroatoms. The van der Waals surface area contributed by atoms with Crippen molar-refractivity contribution in [3.8, 4) is 61.3 Å². The second kappa shape index (κ2) is 25.4. The Labute approximate surface area is 661 Å². The molecule has 18 aromatic carbocycles. The molecule has 0 N–H and O–H groups in total. The monoisotopic (exact) mass is 1450 g/mol. The van der Waals surface area contributed by atoms with E-state index in [1.54, 1.807) is 0 Å². The molecule has 0 aliphatic carbocycles. The van der Waals surface area contributed by atoms with Gasteiger partial charge < -0.3 is 28.6 Å². The van der Waals surface area contributed by atoms with E-state index >= 15 is 0 Å². The maximum atomic E-state index is 7.25. The smallest absolute Gasteiger partial charge is 0.252 e. The zero-order valence-corrected chi connectivity index (χ0v) is 62.0. The molecule has 20 aromatic rings. The van der Waals surface area contributed by atoms with Gasteiger partial charge in [-0.25, -0.2) is 0 Å². The highest BCUT2D eigenvalue weighted by molar-refractivity contribution is 7.01. The number of furan rings is 1. The van der Waals surface area contributed by atoms with Gasteiger partial charge in [0.2, 0.25) is 0 Å². The Morgan fingerprint density at radius 2 is 0.579 bits per heavy atom. The molecule has 114 heavy (non-hydrogen) atoms. The molecule has 24 rings (SSSR count). The molecular formula is C106H67B2N5O. The zero-order chi connectivity index (χ0) is 74.6. The average molecular weight is 1450 g/mol. The van der Waals surface area contributed by atoms with Crippen molar-refractivity contribution in [3.63, 3.8) is 0 Å². The first-order valence-corrected chi connectivity index (χ1v) is 39.4. The summed E-state index contributed by atoms with van der Waals surface area (Å²) in [6.07, 6.45) is 0. The average Bonchev–Trinajstić information content (AvgIpc) is 0.939. The minimum absolute atomic E-state index is 0.00710. The van der Waals surface area contributed by atoms with Crippen LogP contribution in [0.15, 0.2) is 411 Å². The Balaban J connectivity index is 0.610. The van der Waals surface area contributed by atoms with Crippen molar-refractivity contribution in [2.24, 2.45) is 0 Å². The highest BCUT2D eigenvalue weighted by Crippen LogP contribution is 2.51. The van der Waals surface area contributed by atoms with Crippen LogP contribution in [0.25, 0.3) is 116 Å². The van der Waals surface area contributed by atoms with E-state index in [2.05, 4.69) is 431 Å². The van der Waals surface area contributed by atoms with E-state index < -0.39 is 0 Å². The molecule has 0 saturated carbocycles. The molecule has 0 bridgehead atoms. The number of anilines is 12. The van der Waals surface area contributed by atoms with Crippen molar-refractivity contribution in [1.29, 1.82) is 0 Å². The van der Waals surface area contributed by atoms with Crippen LogP contribution in [0.1, 0.15) is 0 Å². The minimum Gasteiger partial charge on any atom is -0.456 e. The normalized spacial score (nSPS) is 13.0. The first-order valence-electron chi connectivity index (χ1n) is 39.4. The molecule has 0 amide bonds. The summed E-state index contributed by atoms with van der Waals surface area (Å²) >= 11 is 0. The third-order valence-corrected chi connectivity index (χ3v) is 24.5. The fourth-order valence-corrected chi connectivity index (χ4v) is 19.6. The molecule has 0 unspecified atom stereocenters. The second-order valence-electron chi connectivity index (χ2n) is 30.6. The Kier molecular flexibility index (Phi) is 14.2. The van der Waals surface area contributed by atoms with Crippen LogP contribution >= 0.6 is 0 Å². The van der Waals surface area contributed by atoms with Crippen LogP contribution in [0.4, 0.5) is 68.2 Å². The van der Waals surface area contributed by atoms with E-state index in [4.69, 9.17) is 4.42 Å². The molecule has 6 nitrogen and oxygen atoms in total. The van der Waals surface area contributed by atoms with Gasteiger partial charge in [-0.1, -0.05) is 267 Å². The van der Waals surface area contributed by atoms with Crippen molar-refractivity contribution in [2.75, 3.05) is 19.6 Å². The lowest BCUT2D eigenvalue weighted by atomic mass is 9.33. The van der Waals surface area contributed by atoms with Crippen molar-refractivity contribution < 1.29 is 4.42 Å². The molecular weight excluding hydrogens is 1380 g/mol. The molecule has 4 aliphatic heterocycles. The standard InChI is InChI=1S/C106H67B2N5O/c1-6-26-76(27-7-1)109-91-42-21-18-38-84(91)103-81(39-24-45-96(103)109)70-52-48-68(49-53-70)73-58-61-95-90(63-73)108-88-41-20-23-44-93(88)112(79-32-12-4-13-33-79)99-64-75(65-100(106(99)108)113(95)80-34-14-5-15-35-80)74-56-59-85-101(66-74)114-102-67-86(82-36-16-17-37-83(82)104(85)102)71-54-50-69(51-55-71)72-57-60-94-89(62-72)107-87-40-19-22-43-92(87)110(77-28-8-2-9-29-77)97-46-25-47-98(105(97)107)111(94)78-30-10-3-11-31-78/h1-67H. The summed E-state index contributed by atoms with van der Waals surface area (Å²) in [5.74, 6) is 0. The van der Waals surface area contributed by atoms with Gasteiger partial charge in [0.25, 0.3) is 13.4 Å². The van der Waals surface area contributed by atoms with Gasteiger partial charge in [-0.3, -0.25) is 0 Å². The minimum atomic E-state index is -0.0914. The van der Waals surface area contributed by atoms with Crippen molar-refractivity contribution in [2.45, 2.75) is 0 Å². The van der Waals surface area contributed by atoms with Crippen LogP contribution in [0.2, 0.25) is 0 Å². The molecule has 6 heterocycles. The molecule has 0 spiro atoms. The lowest BCUT2D eigenvalue weighted by Crippen LogP contribution is -2.61. The van der Waals surface area contributed by atoms with E-state index in [0.717, 1.165) is 106 Å². The van der Waals surface area contributed by atoms with Gasteiger partial charge in [0.1, 0.15) is 11.2 Å². The lowest BCUT2D eigenvalue weighted by Gasteiger charge is -2.44. The predicted octanol–water partition coefficient (Wildman–Crippen LogP) is 24.3. The maximum absolute atomic E-state index is 7.25. The number of benzene rings is 18. The third kappa shape index (κ3) is 9.71. The van der Waals surface area contributed by atoms with Gasteiger partial charge >= 0.3 is 0 Å². The molecule has 528 valence electrons. The van der Waals surface area contributed by atoms with Gasteiger partial charge in [0, 0.05) is 95.5 Å².